The minimum atomic E-state index is -0.296. The van der Waals surface area contributed by atoms with Crippen LogP contribution >= 0.6 is 0 Å². The lowest BCUT2D eigenvalue weighted by atomic mass is 9.93. The van der Waals surface area contributed by atoms with Gasteiger partial charge in [-0.15, -0.1) is 0 Å². The molecule has 4 rings (SSSR count). The molecule has 29 heavy (non-hydrogen) atoms. The van der Waals surface area contributed by atoms with Crippen LogP contribution in [0.25, 0.3) is 0 Å². The summed E-state index contributed by atoms with van der Waals surface area (Å²) in [7, 11) is 0. The molecule has 2 heterocycles. The van der Waals surface area contributed by atoms with Gasteiger partial charge in [-0.05, 0) is 56.2 Å². The van der Waals surface area contributed by atoms with Gasteiger partial charge in [-0.3, -0.25) is 15.2 Å². The van der Waals surface area contributed by atoms with Gasteiger partial charge in [0, 0.05) is 23.7 Å². The predicted octanol–water partition coefficient (Wildman–Crippen LogP) is 4.20. The van der Waals surface area contributed by atoms with Crippen LogP contribution in [0.1, 0.15) is 46.0 Å². The molecule has 2 N–H and O–H groups in total. The summed E-state index contributed by atoms with van der Waals surface area (Å²) in [5.74, 6) is 0.516. The summed E-state index contributed by atoms with van der Waals surface area (Å²) < 4.78 is 19.0. The molecule has 0 saturated carbocycles. The predicted molar refractivity (Wildman–Crippen MR) is 108 cm³/mol. The molecule has 0 fully saturated rings. The number of benzene rings is 1. The molecule has 0 bridgehead atoms. The molecule has 0 radical (unpaired) electrons. The molecule has 1 aromatic carbocycles. The number of fused-ring (bicyclic) bond motifs is 1. The summed E-state index contributed by atoms with van der Waals surface area (Å²) in [6.45, 7) is 2.20. The van der Waals surface area contributed by atoms with Crippen molar-refractivity contribution in [3.63, 3.8) is 0 Å². The van der Waals surface area contributed by atoms with Crippen molar-refractivity contribution in [1.82, 2.24) is 10.3 Å². The average molecular weight is 392 g/mol. The second kappa shape index (κ2) is 8.26. The first kappa shape index (κ1) is 18.9. The van der Waals surface area contributed by atoms with E-state index >= 15 is 0 Å². The van der Waals surface area contributed by atoms with Gasteiger partial charge in [0.05, 0.1) is 23.6 Å². The highest BCUT2D eigenvalue weighted by Crippen LogP contribution is 2.30. The number of aromatic nitrogens is 1. The Labute approximate surface area is 167 Å². The number of carbonyl (C=O) groups excluding carboxylic acids is 1. The summed E-state index contributed by atoms with van der Waals surface area (Å²) in [6, 6.07) is 11.6. The molecule has 0 aliphatic heterocycles. The van der Waals surface area contributed by atoms with Crippen molar-refractivity contribution < 1.29 is 13.6 Å². The number of nitrogens with zero attached hydrogens (tertiary/aromatic N) is 2. The monoisotopic (exact) mass is 392 g/mol. The van der Waals surface area contributed by atoms with Gasteiger partial charge < -0.3 is 9.73 Å². The van der Waals surface area contributed by atoms with Crippen molar-refractivity contribution in [2.75, 3.05) is 5.43 Å². The summed E-state index contributed by atoms with van der Waals surface area (Å²) in [6.07, 6.45) is 4.11. The number of hydrazone groups is 1. The minimum absolute atomic E-state index is 0.270. The Balaban J connectivity index is 1.53. The summed E-state index contributed by atoms with van der Waals surface area (Å²) in [4.78, 5) is 16.9. The number of anilines is 1. The van der Waals surface area contributed by atoms with E-state index in [0.717, 1.165) is 47.6 Å². The first-order chi connectivity index (χ1) is 14.1. The van der Waals surface area contributed by atoms with Crippen molar-refractivity contribution in [1.29, 1.82) is 0 Å². The van der Waals surface area contributed by atoms with E-state index in [9.17, 15) is 9.18 Å². The second-order valence-electron chi connectivity index (χ2n) is 6.89. The average Bonchev–Trinajstić information content (AvgIpc) is 3.10. The molecular weight excluding hydrogens is 371 g/mol. The molecule has 0 unspecified atom stereocenters. The Bertz CT molecular complexity index is 1040. The van der Waals surface area contributed by atoms with Gasteiger partial charge >= 0.3 is 0 Å². The van der Waals surface area contributed by atoms with E-state index < -0.39 is 0 Å². The number of nitrogens with one attached hydrogen (secondary N) is 2. The third kappa shape index (κ3) is 4.18. The van der Waals surface area contributed by atoms with E-state index in [-0.39, 0.29) is 11.7 Å². The van der Waals surface area contributed by atoms with Gasteiger partial charge in [-0.1, -0.05) is 6.07 Å². The molecule has 0 spiro atoms. The van der Waals surface area contributed by atoms with Crippen molar-refractivity contribution in [3.8, 4) is 0 Å². The number of amides is 1. The van der Waals surface area contributed by atoms with Gasteiger partial charge in [-0.2, -0.15) is 5.10 Å². The van der Waals surface area contributed by atoms with Gasteiger partial charge in [0.1, 0.15) is 11.6 Å². The van der Waals surface area contributed by atoms with E-state index in [4.69, 9.17) is 4.42 Å². The highest BCUT2D eigenvalue weighted by molar-refractivity contribution is 6.06. The SMILES string of the molecule is Cc1c(C(=O)NCc2ccccn2)oc2c1/C(=N/Nc1ccc(F)cc1)CCC2. The summed E-state index contributed by atoms with van der Waals surface area (Å²) in [5, 5.41) is 7.35. The van der Waals surface area contributed by atoms with Crippen molar-refractivity contribution in [2.45, 2.75) is 32.7 Å². The normalized spacial score (nSPS) is 14.5. The fourth-order valence-electron chi connectivity index (χ4n) is 3.41. The van der Waals surface area contributed by atoms with Crippen LogP contribution < -0.4 is 10.7 Å². The van der Waals surface area contributed by atoms with E-state index in [1.807, 2.05) is 25.1 Å². The third-order valence-electron chi connectivity index (χ3n) is 4.85. The molecule has 0 atom stereocenters. The molecule has 7 heteroatoms. The standard InChI is InChI=1S/C22H21FN4O2/c1-14-20-18(27-26-16-10-8-15(23)9-11-16)6-4-7-19(20)29-21(14)22(28)25-13-17-5-2-3-12-24-17/h2-3,5,8-12,26H,4,6-7,13H2,1H3,(H,25,28)/b27-18+. The maximum absolute atomic E-state index is 13.1. The summed E-state index contributed by atoms with van der Waals surface area (Å²) >= 11 is 0. The molecule has 1 aliphatic carbocycles. The van der Waals surface area contributed by atoms with Crippen molar-refractivity contribution >= 4 is 17.3 Å². The smallest absolute Gasteiger partial charge is 0.287 e. The van der Waals surface area contributed by atoms with Crippen molar-refractivity contribution in [3.05, 3.63) is 82.8 Å². The van der Waals surface area contributed by atoms with Crippen LogP contribution in [0.2, 0.25) is 0 Å². The third-order valence-corrected chi connectivity index (χ3v) is 4.85. The first-order valence-corrected chi connectivity index (χ1v) is 9.50. The number of carbonyl (C=O) groups is 1. The zero-order valence-corrected chi connectivity index (χ0v) is 16.0. The van der Waals surface area contributed by atoms with Crippen LogP contribution in [0.15, 0.2) is 58.2 Å². The zero-order valence-electron chi connectivity index (χ0n) is 16.0. The highest BCUT2D eigenvalue weighted by Gasteiger charge is 2.27. The Morgan fingerprint density at radius 1 is 1.21 bits per heavy atom. The van der Waals surface area contributed by atoms with Gasteiger partial charge in [0.2, 0.25) is 0 Å². The Morgan fingerprint density at radius 2 is 2.03 bits per heavy atom. The number of hydrogen-bond donors (Lipinski definition) is 2. The largest absolute Gasteiger partial charge is 0.455 e. The molecule has 3 aromatic rings. The zero-order chi connectivity index (χ0) is 20.2. The molecule has 1 amide bonds. The van der Waals surface area contributed by atoms with Crippen LogP contribution in [-0.2, 0) is 13.0 Å². The van der Waals surface area contributed by atoms with E-state index in [2.05, 4.69) is 20.8 Å². The number of rotatable bonds is 5. The number of pyridine rings is 1. The molecule has 1 aliphatic rings. The van der Waals surface area contributed by atoms with Gasteiger partial charge in [0.25, 0.3) is 5.91 Å². The van der Waals surface area contributed by atoms with Gasteiger partial charge in [-0.25, -0.2) is 4.39 Å². The Hall–Kier alpha value is -3.48. The molecule has 0 saturated heterocycles. The maximum Gasteiger partial charge on any atom is 0.287 e. The molecular formula is C22H21FN4O2. The fraction of sp³-hybridized carbons (Fsp3) is 0.227. The quantitative estimate of drug-likeness (QED) is 0.638. The lowest BCUT2D eigenvalue weighted by Crippen LogP contribution is -2.23. The fourth-order valence-corrected chi connectivity index (χ4v) is 3.41. The lowest BCUT2D eigenvalue weighted by molar-refractivity contribution is 0.0920. The van der Waals surface area contributed by atoms with E-state index in [1.165, 1.54) is 12.1 Å². The minimum Gasteiger partial charge on any atom is -0.455 e. The highest BCUT2D eigenvalue weighted by atomic mass is 19.1. The van der Waals surface area contributed by atoms with E-state index in [0.29, 0.717) is 18.0 Å². The van der Waals surface area contributed by atoms with Crippen LogP contribution in [0, 0.1) is 12.7 Å². The van der Waals surface area contributed by atoms with Crippen molar-refractivity contribution in [2.24, 2.45) is 5.10 Å². The van der Waals surface area contributed by atoms with Crippen LogP contribution in [0.3, 0.4) is 0 Å². The number of aryl methyl sites for hydroxylation is 1. The van der Waals surface area contributed by atoms with E-state index in [1.54, 1.807) is 18.3 Å². The molecule has 148 valence electrons. The summed E-state index contributed by atoms with van der Waals surface area (Å²) in [5.41, 5.74) is 6.93. The topological polar surface area (TPSA) is 79.5 Å². The van der Waals surface area contributed by atoms with Gasteiger partial charge in [0.15, 0.2) is 5.76 Å². The lowest BCUT2D eigenvalue weighted by Gasteiger charge is -2.13. The van der Waals surface area contributed by atoms with Crippen LogP contribution in [-0.4, -0.2) is 16.6 Å². The first-order valence-electron chi connectivity index (χ1n) is 9.50. The van der Waals surface area contributed by atoms with Crippen LogP contribution in [0.5, 0.6) is 0 Å². The Morgan fingerprint density at radius 3 is 2.79 bits per heavy atom. The second-order valence-corrected chi connectivity index (χ2v) is 6.89. The molecule has 6 nitrogen and oxygen atoms in total. The number of hydrogen-bond acceptors (Lipinski definition) is 5. The number of halogens is 1. The number of furan rings is 1. The van der Waals surface area contributed by atoms with Crippen LogP contribution in [0.4, 0.5) is 10.1 Å². The maximum atomic E-state index is 13.1. The Kier molecular flexibility index (Phi) is 5.37. The molecule has 2 aromatic heterocycles.